The minimum atomic E-state index is -0.293. The Morgan fingerprint density at radius 2 is 1.97 bits per heavy atom. The number of hydrogen-bond acceptors (Lipinski definition) is 4. The Morgan fingerprint density at radius 3 is 2.76 bits per heavy atom. The van der Waals surface area contributed by atoms with Crippen molar-refractivity contribution in [2.45, 2.75) is 6.92 Å². The Labute approximate surface area is 166 Å². The van der Waals surface area contributed by atoms with Crippen LogP contribution in [0.1, 0.15) is 16.1 Å². The molecule has 0 radical (unpaired) electrons. The number of para-hydroxylation sites is 1. The maximum Gasteiger partial charge on any atom is 0.276 e. The van der Waals surface area contributed by atoms with Gasteiger partial charge in [-0.15, -0.1) is 0 Å². The number of carbonyl (C=O) groups excluding carboxylic acids is 1. The van der Waals surface area contributed by atoms with E-state index in [4.69, 9.17) is 4.42 Å². The predicted molar refractivity (Wildman–Crippen MR) is 110 cm³/mol. The highest BCUT2D eigenvalue weighted by Gasteiger charge is 2.19. The number of fused-ring (bicyclic) bond motifs is 1. The first-order valence-corrected chi connectivity index (χ1v) is 9.14. The van der Waals surface area contributed by atoms with Crippen LogP contribution in [0.5, 0.6) is 0 Å². The van der Waals surface area contributed by atoms with Gasteiger partial charge < -0.3 is 9.73 Å². The topological polar surface area (TPSA) is 88.7 Å². The molecule has 7 heteroatoms. The smallest absolute Gasteiger partial charge is 0.276 e. The van der Waals surface area contributed by atoms with E-state index in [1.54, 1.807) is 29.3 Å². The number of nitrogens with zero attached hydrogens (tertiary/aromatic N) is 3. The second-order valence-corrected chi connectivity index (χ2v) is 6.70. The average molecular weight is 383 g/mol. The Morgan fingerprint density at radius 1 is 1.10 bits per heavy atom. The van der Waals surface area contributed by atoms with Crippen molar-refractivity contribution in [3.05, 3.63) is 84.4 Å². The first-order valence-electron chi connectivity index (χ1n) is 9.14. The van der Waals surface area contributed by atoms with Gasteiger partial charge in [0.15, 0.2) is 11.5 Å². The molecule has 142 valence electrons. The van der Waals surface area contributed by atoms with E-state index in [9.17, 15) is 4.79 Å². The number of amides is 1. The van der Waals surface area contributed by atoms with Crippen molar-refractivity contribution in [1.29, 1.82) is 0 Å². The van der Waals surface area contributed by atoms with Gasteiger partial charge in [0.05, 0.1) is 17.5 Å². The van der Waals surface area contributed by atoms with E-state index < -0.39 is 0 Å². The molecule has 5 aromatic rings. The molecule has 0 fully saturated rings. The fourth-order valence-electron chi connectivity index (χ4n) is 3.27. The van der Waals surface area contributed by atoms with Gasteiger partial charge in [0.2, 0.25) is 0 Å². The number of aromatic amines is 1. The summed E-state index contributed by atoms with van der Waals surface area (Å²) in [6.45, 7) is 1.93. The molecule has 5 rings (SSSR count). The molecule has 0 bridgehead atoms. The molecular weight excluding hydrogens is 366 g/mol. The third-order valence-electron chi connectivity index (χ3n) is 4.74. The van der Waals surface area contributed by atoms with Crippen LogP contribution in [0.15, 0.2) is 77.5 Å². The number of furan rings is 1. The molecule has 3 heterocycles. The predicted octanol–water partition coefficient (Wildman–Crippen LogP) is 4.57. The summed E-state index contributed by atoms with van der Waals surface area (Å²) in [6.07, 6.45) is 3.39. The molecule has 3 aromatic heterocycles. The normalized spacial score (nSPS) is 11.1. The van der Waals surface area contributed by atoms with E-state index in [2.05, 4.69) is 20.6 Å². The zero-order chi connectivity index (χ0) is 19.8. The molecule has 0 aliphatic rings. The number of anilines is 1. The van der Waals surface area contributed by atoms with Gasteiger partial charge in [-0.3, -0.25) is 9.89 Å². The van der Waals surface area contributed by atoms with Crippen molar-refractivity contribution in [3.63, 3.8) is 0 Å². The van der Waals surface area contributed by atoms with Gasteiger partial charge in [-0.2, -0.15) is 10.2 Å². The quantitative estimate of drug-likeness (QED) is 0.476. The molecule has 0 spiro atoms. The van der Waals surface area contributed by atoms with Crippen molar-refractivity contribution in [1.82, 2.24) is 20.0 Å². The van der Waals surface area contributed by atoms with Crippen molar-refractivity contribution < 1.29 is 9.21 Å². The summed E-state index contributed by atoms with van der Waals surface area (Å²) in [5.41, 5.74) is 4.34. The summed E-state index contributed by atoms with van der Waals surface area (Å²) in [5, 5.41) is 15.4. The Bertz CT molecular complexity index is 1300. The van der Waals surface area contributed by atoms with E-state index >= 15 is 0 Å². The maximum atomic E-state index is 13.0. The van der Waals surface area contributed by atoms with Crippen LogP contribution in [0.2, 0.25) is 0 Å². The van der Waals surface area contributed by atoms with E-state index in [1.807, 2.05) is 55.5 Å². The van der Waals surface area contributed by atoms with E-state index in [-0.39, 0.29) is 5.91 Å². The zero-order valence-corrected chi connectivity index (χ0v) is 15.6. The van der Waals surface area contributed by atoms with Crippen LogP contribution < -0.4 is 5.32 Å². The lowest BCUT2D eigenvalue weighted by Gasteiger charge is -2.07. The lowest BCUT2D eigenvalue weighted by Crippen LogP contribution is -2.14. The molecule has 1 amide bonds. The highest BCUT2D eigenvalue weighted by atomic mass is 16.3. The fraction of sp³-hybridized carbons (Fsp3) is 0.0455. The van der Waals surface area contributed by atoms with Gasteiger partial charge in [-0.05, 0) is 48.9 Å². The zero-order valence-electron chi connectivity index (χ0n) is 15.6. The first-order chi connectivity index (χ1) is 14.2. The van der Waals surface area contributed by atoms with Gasteiger partial charge in [-0.25, -0.2) is 4.68 Å². The van der Waals surface area contributed by atoms with E-state index in [0.29, 0.717) is 17.1 Å². The van der Waals surface area contributed by atoms with Crippen LogP contribution >= 0.6 is 0 Å². The summed E-state index contributed by atoms with van der Waals surface area (Å²) >= 11 is 0. The lowest BCUT2D eigenvalue weighted by molar-refractivity contribution is 0.102. The third kappa shape index (κ3) is 3.08. The highest BCUT2D eigenvalue weighted by Crippen LogP contribution is 2.26. The molecule has 2 N–H and O–H groups in total. The SMILES string of the molecule is Cc1cc2n[nH]cc2cc1NC(=O)c1cc(-c2ccco2)n(-c2ccccc2)n1. The molecule has 0 atom stereocenters. The Kier molecular flexibility index (Phi) is 3.98. The number of carbonyl (C=O) groups is 1. The minimum absolute atomic E-state index is 0.293. The molecule has 2 aromatic carbocycles. The van der Waals surface area contributed by atoms with Crippen LogP contribution in [0, 0.1) is 6.92 Å². The minimum Gasteiger partial charge on any atom is -0.463 e. The third-order valence-corrected chi connectivity index (χ3v) is 4.74. The number of aryl methyl sites for hydroxylation is 1. The maximum absolute atomic E-state index is 13.0. The van der Waals surface area contributed by atoms with E-state index in [0.717, 1.165) is 27.8 Å². The molecule has 29 heavy (non-hydrogen) atoms. The van der Waals surface area contributed by atoms with Crippen molar-refractivity contribution in [2.24, 2.45) is 0 Å². The van der Waals surface area contributed by atoms with Gasteiger partial charge in [0.25, 0.3) is 5.91 Å². The lowest BCUT2D eigenvalue weighted by atomic mass is 10.1. The van der Waals surface area contributed by atoms with Crippen molar-refractivity contribution in [2.75, 3.05) is 5.32 Å². The van der Waals surface area contributed by atoms with Crippen LogP contribution in [0.25, 0.3) is 28.0 Å². The standard InChI is InChI=1S/C22H17N5O2/c1-14-10-18-15(13-23-25-18)11-17(14)24-22(28)19-12-20(21-8-5-9-29-21)27(26-19)16-6-3-2-4-7-16/h2-13H,1H3,(H,23,25)(H,24,28). The second-order valence-electron chi connectivity index (χ2n) is 6.70. The monoisotopic (exact) mass is 383 g/mol. The summed E-state index contributed by atoms with van der Waals surface area (Å²) in [4.78, 5) is 13.0. The highest BCUT2D eigenvalue weighted by molar-refractivity contribution is 6.05. The summed E-state index contributed by atoms with van der Waals surface area (Å²) in [5.74, 6) is 0.342. The first kappa shape index (κ1) is 17.0. The van der Waals surface area contributed by atoms with Crippen LogP contribution in [-0.4, -0.2) is 25.9 Å². The Hall–Kier alpha value is -4.13. The number of nitrogens with one attached hydrogen (secondary N) is 2. The number of hydrogen-bond donors (Lipinski definition) is 2. The van der Waals surface area contributed by atoms with Gasteiger partial charge >= 0.3 is 0 Å². The van der Waals surface area contributed by atoms with Gasteiger partial charge in [0, 0.05) is 23.3 Å². The van der Waals surface area contributed by atoms with Gasteiger partial charge in [0.1, 0.15) is 5.69 Å². The molecule has 0 saturated heterocycles. The van der Waals surface area contributed by atoms with Crippen LogP contribution in [0.4, 0.5) is 5.69 Å². The molecular formula is C22H17N5O2. The largest absolute Gasteiger partial charge is 0.463 e. The molecule has 0 aliphatic heterocycles. The average Bonchev–Trinajstić information content (AvgIpc) is 3.48. The molecule has 0 saturated carbocycles. The Balaban J connectivity index is 1.53. The van der Waals surface area contributed by atoms with Crippen LogP contribution in [-0.2, 0) is 0 Å². The summed E-state index contributed by atoms with van der Waals surface area (Å²) < 4.78 is 7.26. The number of rotatable bonds is 4. The molecule has 0 unspecified atom stereocenters. The summed E-state index contributed by atoms with van der Waals surface area (Å²) in [7, 11) is 0. The number of benzene rings is 2. The van der Waals surface area contributed by atoms with E-state index in [1.165, 1.54) is 0 Å². The number of H-pyrrole nitrogens is 1. The molecule has 0 aliphatic carbocycles. The number of aromatic nitrogens is 4. The summed E-state index contributed by atoms with van der Waals surface area (Å²) in [6, 6.07) is 18.8. The fourth-order valence-corrected chi connectivity index (χ4v) is 3.27. The second kappa shape index (κ2) is 6.79. The van der Waals surface area contributed by atoms with Gasteiger partial charge in [-0.1, -0.05) is 18.2 Å². The van der Waals surface area contributed by atoms with Crippen molar-refractivity contribution >= 4 is 22.5 Å². The molecule has 7 nitrogen and oxygen atoms in total. The van der Waals surface area contributed by atoms with Crippen LogP contribution in [0.3, 0.4) is 0 Å². The van der Waals surface area contributed by atoms with Crippen molar-refractivity contribution in [3.8, 4) is 17.1 Å².